The van der Waals surface area contributed by atoms with Crippen LogP contribution in [-0.4, -0.2) is 27.5 Å². The van der Waals surface area contributed by atoms with Crippen molar-refractivity contribution in [2.45, 2.75) is 13.5 Å². The van der Waals surface area contributed by atoms with E-state index in [1.165, 1.54) is 36.2 Å². The van der Waals surface area contributed by atoms with Crippen molar-refractivity contribution in [2.24, 2.45) is 0 Å². The highest BCUT2D eigenvalue weighted by atomic mass is 16.6. The van der Waals surface area contributed by atoms with Gasteiger partial charge in [-0.2, -0.15) is 0 Å². The number of amides is 1. The van der Waals surface area contributed by atoms with E-state index in [-0.39, 0.29) is 29.2 Å². The van der Waals surface area contributed by atoms with E-state index in [0.29, 0.717) is 10.9 Å². The van der Waals surface area contributed by atoms with Gasteiger partial charge in [0.1, 0.15) is 12.3 Å². The first-order valence-corrected chi connectivity index (χ1v) is 7.97. The van der Waals surface area contributed by atoms with Crippen LogP contribution in [-0.2, 0) is 11.3 Å². The number of hydrogen-bond acceptors (Lipinski definition) is 6. The van der Waals surface area contributed by atoms with E-state index in [4.69, 9.17) is 4.74 Å². The summed E-state index contributed by atoms with van der Waals surface area (Å²) in [6.45, 7) is 1.61. The molecule has 138 valence electrons. The molecule has 0 spiro atoms. The van der Waals surface area contributed by atoms with Gasteiger partial charge in [0.25, 0.3) is 11.2 Å². The second kappa shape index (κ2) is 7.24. The van der Waals surface area contributed by atoms with Gasteiger partial charge in [0, 0.05) is 6.07 Å². The van der Waals surface area contributed by atoms with Gasteiger partial charge in [-0.05, 0) is 25.1 Å². The average molecular weight is 368 g/mol. The number of aryl methyl sites for hydroxylation is 1. The topological polar surface area (TPSA) is 116 Å². The summed E-state index contributed by atoms with van der Waals surface area (Å²) in [4.78, 5) is 39.4. The Kier molecular flexibility index (Phi) is 4.84. The molecule has 9 heteroatoms. The number of hydrogen-bond donors (Lipinski definition) is 1. The fourth-order valence-corrected chi connectivity index (χ4v) is 2.63. The number of fused-ring (bicyclic) bond motifs is 1. The van der Waals surface area contributed by atoms with Crippen molar-refractivity contribution >= 4 is 28.2 Å². The highest BCUT2D eigenvalue weighted by Gasteiger charge is 2.14. The van der Waals surface area contributed by atoms with Crippen molar-refractivity contribution in [3.8, 4) is 5.75 Å². The average Bonchev–Trinajstić information content (AvgIpc) is 2.64. The van der Waals surface area contributed by atoms with Crippen molar-refractivity contribution in [3.63, 3.8) is 0 Å². The molecule has 0 aliphatic heterocycles. The van der Waals surface area contributed by atoms with Crippen LogP contribution in [0.25, 0.3) is 10.9 Å². The predicted molar refractivity (Wildman–Crippen MR) is 99.0 cm³/mol. The lowest BCUT2D eigenvalue weighted by Gasteiger charge is -2.11. The molecule has 0 saturated carbocycles. The molecule has 1 aromatic heterocycles. The Balaban J connectivity index is 1.84. The number of nitrogens with one attached hydrogen (secondary N) is 1. The lowest BCUT2D eigenvalue weighted by atomic mass is 10.2. The molecule has 0 atom stereocenters. The van der Waals surface area contributed by atoms with E-state index in [1.54, 1.807) is 12.1 Å². The second-order valence-corrected chi connectivity index (χ2v) is 5.89. The molecule has 27 heavy (non-hydrogen) atoms. The number of methoxy groups -OCH3 is 1. The molecule has 0 aliphatic carbocycles. The van der Waals surface area contributed by atoms with E-state index in [1.807, 2.05) is 13.0 Å². The minimum absolute atomic E-state index is 0.150. The van der Waals surface area contributed by atoms with Crippen molar-refractivity contribution in [1.82, 2.24) is 9.55 Å². The molecule has 2 aromatic carbocycles. The zero-order valence-corrected chi connectivity index (χ0v) is 14.6. The van der Waals surface area contributed by atoms with Gasteiger partial charge in [0.15, 0.2) is 0 Å². The lowest BCUT2D eigenvalue weighted by Crippen LogP contribution is -2.28. The van der Waals surface area contributed by atoms with Crippen LogP contribution >= 0.6 is 0 Å². The fourth-order valence-electron chi connectivity index (χ4n) is 2.63. The standard InChI is InChI=1S/C18H16N4O5/c1-11-3-5-14-13(7-11)18(24)21(10-19-14)9-17(23)20-15-6-4-12(22(25)26)8-16(15)27-2/h3-8,10H,9H2,1-2H3,(H,20,23). The minimum atomic E-state index is -0.559. The van der Waals surface area contributed by atoms with Gasteiger partial charge in [0.05, 0.1) is 41.0 Å². The van der Waals surface area contributed by atoms with Crippen molar-refractivity contribution in [3.05, 3.63) is 68.8 Å². The number of nitro groups is 1. The summed E-state index contributed by atoms with van der Waals surface area (Å²) in [6.07, 6.45) is 1.31. The molecule has 1 heterocycles. The zero-order chi connectivity index (χ0) is 19.6. The predicted octanol–water partition coefficient (Wildman–Crippen LogP) is 2.26. The summed E-state index contributed by atoms with van der Waals surface area (Å²) in [5.74, 6) is -0.338. The smallest absolute Gasteiger partial charge is 0.273 e. The summed E-state index contributed by atoms with van der Waals surface area (Å²) in [5.41, 5.74) is 1.26. The van der Waals surface area contributed by atoms with Gasteiger partial charge in [-0.1, -0.05) is 11.6 Å². The highest BCUT2D eigenvalue weighted by Crippen LogP contribution is 2.28. The molecule has 9 nitrogen and oxygen atoms in total. The van der Waals surface area contributed by atoms with E-state index in [2.05, 4.69) is 10.3 Å². The third kappa shape index (κ3) is 3.76. The zero-order valence-electron chi connectivity index (χ0n) is 14.6. The minimum Gasteiger partial charge on any atom is -0.494 e. The normalized spacial score (nSPS) is 10.6. The molecule has 0 fully saturated rings. The van der Waals surface area contributed by atoms with Gasteiger partial charge in [-0.15, -0.1) is 0 Å². The van der Waals surface area contributed by atoms with Crippen molar-refractivity contribution < 1.29 is 14.5 Å². The molecule has 1 amide bonds. The van der Waals surface area contributed by atoms with Gasteiger partial charge < -0.3 is 10.1 Å². The van der Waals surface area contributed by atoms with E-state index < -0.39 is 10.8 Å². The summed E-state index contributed by atoms with van der Waals surface area (Å²) in [6, 6.07) is 9.16. The summed E-state index contributed by atoms with van der Waals surface area (Å²) < 4.78 is 6.29. The SMILES string of the molecule is COc1cc([N+](=O)[O-])ccc1NC(=O)Cn1cnc2ccc(C)cc2c1=O. The van der Waals surface area contributed by atoms with Gasteiger partial charge in [-0.25, -0.2) is 4.98 Å². The maximum atomic E-state index is 12.6. The highest BCUT2D eigenvalue weighted by molar-refractivity contribution is 5.92. The van der Waals surface area contributed by atoms with E-state index in [0.717, 1.165) is 5.56 Å². The van der Waals surface area contributed by atoms with Crippen LogP contribution in [0.5, 0.6) is 5.75 Å². The van der Waals surface area contributed by atoms with E-state index >= 15 is 0 Å². The van der Waals surface area contributed by atoms with Crippen LogP contribution < -0.4 is 15.6 Å². The Morgan fingerprint density at radius 1 is 1.30 bits per heavy atom. The number of nitrogens with zero attached hydrogens (tertiary/aromatic N) is 3. The number of carbonyl (C=O) groups excluding carboxylic acids is 1. The molecule has 0 unspecified atom stereocenters. The van der Waals surface area contributed by atoms with Crippen LogP contribution in [0.2, 0.25) is 0 Å². The van der Waals surface area contributed by atoms with Crippen LogP contribution in [0, 0.1) is 17.0 Å². The number of ether oxygens (including phenoxy) is 1. The molecular formula is C18H16N4O5. The van der Waals surface area contributed by atoms with Crippen molar-refractivity contribution in [2.75, 3.05) is 12.4 Å². The maximum Gasteiger partial charge on any atom is 0.273 e. The van der Waals surface area contributed by atoms with Crippen molar-refractivity contribution in [1.29, 1.82) is 0 Å². The quantitative estimate of drug-likeness (QED) is 0.545. The molecular weight excluding hydrogens is 352 g/mol. The monoisotopic (exact) mass is 368 g/mol. The Hall–Kier alpha value is -3.75. The molecule has 3 aromatic rings. The first-order valence-electron chi connectivity index (χ1n) is 7.97. The molecule has 0 aliphatic rings. The van der Waals surface area contributed by atoms with Crippen LogP contribution in [0.3, 0.4) is 0 Å². The summed E-state index contributed by atoms with van der Waals surface area (Å²) >= 11 is 0. The molecule has 0 saturated heterocycles. The number of anilines is 1. The van der Waals surface area contributed by atoms with Gasteiger partial charge >= 0.3 is 0 Å². The number of benzene rings is 2. The largest absolute Gasteiger partial charge is 0.494 e. The van der Waals surface area contributed by atoms with Crippen LogP contribution in [0.4, 0.5) is 11.4 Å². The second-order valence-electron chi connectivity index (χ2n) is 5.89. The summed E-state index contributed by atoms with van der Waals surface area (Å²) in [5, 5.41) is 13.8. The number of non-ortho nitro benzene ring substituents is 1. The number of rotatable bonds is 5. The molecule has 0 bridgehead atoms. The number of aromatic nitrogens is 2. The summed E-state index contributed by atoms with van der Waals surface area (Å²) in [7, 11) is 1.34. The van der Waals surface area contributed by atoms with Gasteiger partial charge in [-0.3, -0.25) is 24.3 Å². The third-order valence-corrected chi connectivity index (χ3v) is 3.96. The fraction of sp³-hybridized carbons (Fsp3) is 0.167. The van der Waals surface area contributed by atoms with E-state index in [9.17, 15) is 19.7 Å². The lowest BCUT2D eigenvalue weighted by molar-refractivity contribution is -0.384. The maximum absolute atomic E-state index is 12.6. The first kappa shape index (κ1) is 18.1. The Morgan fingerprint density at radius 2 is 2.07 bits per heavy atom. The number of nitro benzene ring substituents is 1. The molecule has 0 radical (unpaired) electrons. The number of carbonyl (C=O) groups is 1. The Labute approximate surface area is 153 Å². The Morgan fingerprint density at radius 3 is 2.78 bits per heavy atom. The third-order valence-electron chi connectivity index (χ3n) is 3.96. The van der Waals surface area contributed by atoms with Crippen LogP contribution in [0.15, 0.2) is 47.5 Å². The molecule has 3 rings (SSSR count). The first-order chi connectivity index (χ1) is 12.9. The molecule has 1 N–H and O–H groups in total. The van der Waals surface area contributed by atoms with Gasteiger partial charge in [0.2, 0.25) is 5.91 Å². The van der Waals surface area contributed by atoms with Crippen LogP contribution in [0.1, 0.15) is 5.56 Å². The Bertz CT molecular complexity index is 1110.